The standard InChI is InChI=1S/C29H34ClN7O4/c1-16(27(40)34-24(15-38)23-5-4-6-25(33-23)36(2)3)37-14-18-8-7-17(11-21(18)28(37)41)26-22(30)13-31-29(35-26)32-19-9-10-20(39)12-19/h4-8,11,13,16,19-20,24,38-39H,9-10,12,14-15H2,1-3H3,(H,34,40)(H,31,32,35)/t16-,19-,20-,24-/m1/s1. The van der Waals surface area contributed by atoms with Crippen LogP contribution in [-0.4, -0.2) is 80.8 Å². The number of carbonyl (C=O) groups is 2. The minimum atomic E-state index is -0.787. The molecule has 5 rings (SSSR count). The molecule has 4 atom stereocenters. The monoisotopic (exact) mass is 579 g/mol. The molecule has 3 aromatic rings. The Morgan fingerprint density at radius 3 is 2.73 bits per heavy atom. The summed E-state index contributed by atoms with van der Waals surface area (Å²) in [6.07, 6.45) is 3.39. The average Bonchev–Trinajstić information content (AvgIpc) is 3.53. The van der Waals surface area contributed by atoms with Crippen molar-refractivity contribution >= 4 is 35.2 Å². The molecule has 4 N–H and O–H groups in total. The summed E-state index contributed by atoms with van der Waals surface area (Å²) in [5.41, 5.74) is 2.94. The maximum Gasteiger partial charge on any atom is 0.255 e. The van der Waals surface area contributed by atoms with Gasteiger partial charge in [-0.3, -0.25) is 9.59 Å². The van der Waals surface area contributed by atoms with Crippen molar-refractivity contribution in [3.05, 3.63) is 64.4 Å². The first-order valence-electron chi connectivity index (χ1n) is 13.6. The normalized spacial score (nSPS) is 19.6. The van der Waals surface area contributed by atoms with Crippen molar-refractivity contribution in [2.45, 2.75) is 57.0 Å². The Morgan fingerprint density at radius 2 is 2.02 bits per heavy atom. The molecule has 2 amide bonds. The second kappa shape index (κ2) is 12.0. The van der Waals surface area contributed by atoms with Crippen LogP contribution in [0.4, 0.5) is 11.8 Å². The van der Waals surface area contributed by atoms with Crippen molar-refractivity contribution in [2.24, 2.45) is 0 Å². The predicted octanol–water partition coefficient (Wildman–Crippen LogP) is 2.78. The fourth-order valence-corrected chi connectivity index (χ4v) is 5.42. The van der Waals surface area contributed by atoms with Gasteiger partial charge in [0.15, 0.2) is 0 Å². The van der Waals surface area contributed by atoms with E-state index in [1.54, 1.807) is 19.1 Å². The molecule has 2 aromatic heterocycles. The molecule has 0 spiro atoms. The van der Waals surface area contributed by atoms with Crippen molar-refractivity contribution < 1.29 is 19.8 Å². The van der Waals surface area contributed by atoms with Gasteiger partial charge in [-0.05, 0) is 49.9 Å². The van der Waals surface area contributed by atoms with Crippen molar-refractivity contribution in [1.29, 1.82) is 0 Å². The van der Waals surface area contributed by atoms with E-state index in [1.807, 2.05) is 43.3 Å². The zero-order valence-corrected chi connectivity index (χ0v) is 24.0. The smallest absolute Gasteiger partial charge is 0.255 e. The fourth-order valence-electron chi connectivity index (χ4n) is 5.22. The van der Waals surface area contributed by atoms with E-state index in [9.17, 15) is 19.8 Å². The highest BCUT2D eigenvalue weighted by Crippen LogP contribution is 2.33. The first-order valence-corrected chi connectivity index (χ1v) is 14.0. The Bertz CT molecular complexity index is 1450. The molecule has 41 heavy (non-hydrogen) atoms. The highest BCUT2D eigenvalue weighted by Gasteiger charge is 2.35. The van der Waals surface area contributed by atoms with Crippen LogP contribution in [0.3, 0.4) is 0 Å². The molecule has 1 aliphatic heterocycles. The van der Waals surface area contributed by atoms with Gasteiger partial charge in [-0.2, -0.15) is 0 Å². The number of rotatable bonds is 9. The molecule has 0 saturated heterocycles. The third-order valence-corrected chi connectivity index (χ3v) is 7.89. The number of hydrogen-bond donors (Lipinski definition) is 4. The molecule has 0 radical (unpaired) electrons. The molecule has 216 valence electrons. The largest absolute Gasteiger partial charge is 0.394 e. The summed E-state index contributed by atoms with van der Waals surface area (Å²) in [5, 5.41) is 26.2. The summed E-state index contributed by atoms with van der Waals surface area (Å²) in [6.45, 7) is 1.60. The number of nitrogens with zero attached hydrogens (tertiary/aromatic N) is 5. The topological polar surface area (TPSA) is 144 Å². The van der Waals surface area contributed by atoms with E-state index in [4.69, 9.17) is 11.6 Å². The summed E-state index contributed by atoms with van der Waals surface area (Å²) >= 11 is 6.45. The molecule has 1 aromatic carbocycles. The third kappa shape index (κ3) is 6.12. The van der Waals surface area contributed by atoms with E-state index in [-0.39, 0.29) is 31.2 Å². The van der Waals surface area contributed by atoms with E-state index >= 15 is 0 Å². The molecular weight excluding hydrogens is 546 g/mol. The lowest BCUT2D eigenvalue weighted by molar-refractivity contribution is -0.126. The lowest BCUT2D eigenvalue weighted by Gasteiger charge is -2.26. The summed E-state index contributed by atoms with van der Waals surface area (Å²) < 4.78 is 0. The number of pyridine rings is 1. The number of aromatic nitrogens is 3. The molecule has 12 heteroatoms. The second-order valence-electron chi connectivity index (χ2n) is 10.7. The molecule has 11 nitrogen and oxygen atoms in total. The van der Waals surface area contributed by atoms with Crippen LogP contribution in [0.2, 0.25) is 5.02 Å². The van der Waals surface area contributed by atoms with Gasteiger partial charge in [-0.15, -0.1) is 0 Å². The molecular formula is C29H34ClN7O4. The quantitative estimate of drug-likeness (QED) is 0.301. The van der Waals surface area contributed by atoms with Gasteiger partial charge in [0.25, 0.3) is 5.91 Å². The van der Waals surface area contributed by atoms with Crippen molar-refractivity contribution in [2.75, 3.05) is 30.9 Å². The van der Waals surface area contributed by atoms with Gasteiger partial charge >= 0.3 is 0 Å². The SMILES string of the molecule is C[C@H](C(=O)N[C@H](CO)c1cccc(N(C)C)n1)N1Cc2ccc(-c3nc(N[C@@H]4CC[C@@H](O)C4)ncc3Cl)cc2C1=O. The average molecular weight is 580 g/mol. The molecule has 2 aliphatic rings. The molecule has 3 heterocycles. The number of hydrogen-bond acceptors (Lipinski definition) is 9. The molecule has 1 fully saturated rings. The van der Waals surface area contributed by atoms with Crippen LogP contribution in [0.15, 0.2) is 42.6 Å². The van der Waals surface area contributed by atoms with Crippen LogP contribution in [0.1, 0.15) is 53.8 Å². The van der Waals surface area contributed by atoms with Crippen LogP contribution in [-0.2, 0) is 11.3 Å². The number of amides is 2. The number of nitrogens with one attached hydrogen (secondary N) is 2. The lowest BCUT2D eigenvalue weighted by atomic mass is 10.0. The van der Waals surface area contributed by atoms with Crippen molar-refractivity contribution in [3.63, 3.8) is 0 Å². The van der Waals surface area contributed by atoms with Crippen molar-refractivity contribution in [3.8, 4) is 11.3 Å². The molecule has 1 saturated carbocycles. The zero-order valence-electron chi connectivity index (χ0n) is 23.2. The van der Waals surface area contributed by atoms with E-state index < -0.39 is 18.0 Å². The van der Waals surface area contributed by atoms with Gasteiger partial charge in [0.1, 0.15) is 11.9 Å². The van der Waals surface area contributed by atoms with Gasteiger partial charge in [-0.25, -0.2) is 15.0 Å². The zero-order chi connectivity index (χ0) is 29.3. The third-order valence-electron chi connectivity index (χ3n) is 7.61. The Balaban J connectivity index is 1.30. The number of aliphatic hydroxyl groups is 2. The summed E-state index contributed by atoms with van der Waals surface area (Å²) in [7, 11) is 3.72. The molecule has 1 aliphatic carbocycles. The maximum absolute atomic E-state index is 13.5. The van der Waals surface area contributed by atoms with Crippen LogP contribution in [0, 0.1) is 0 Å². The number of fused-ring (bicyclic) bond motifs is 1. The van der Waals surface area contributed by atoms with Gasteiger partial charge in [-0.1, -0.05) is 29.8 Å². The maximum atomic E-state index is 13.5. The minimum absolute atomic E-state index is 0.0833. The summed E-state index contributed by atoms with van der Waals surface area (Å²) in [5.74, 6) is 0.440. The second-order valence-corrected chi connectivity index (χ2v) is 11.1. The van der Waals surface area contributed by atoms with E-state index in [0.717, 1.165) is 18.4 Å². The number of anilines is 2. The Hall–Kier alpha value is -3.80. The Morgan fingerprint density at radius 1 is 1.22 bits per heavy atom. The fraction of sp³-hybridized carbons (Fsp3) is 0.414. The van der Waals surface area contributed by atoms with Crippen LogP contribution in [0.5, 0.6) is 0 Å². The highest BCUT2D eigenvalue weighted by atomic mass is 35.5. The number of halogens is 1. The first-order chi connectivity index (χ1) is 19.6. The number of aliphatic hydroxyl groups excluding tert-OH is 2. The number of benzene rings is 1. The molecule has 0 bridgehead atoms. The Kier molecular flexibility index (Phi) is 8.39. The van der Waals surface area contributed by atoms with Crippen LogP contribution in [0.25, 0.3) is 11.3 Å². The lowest BCUT2D eigenvalue weighted by Crippen LogP contribution is -2.47. The van der Waals surface area contributed by atoms with Gasteiger partial charge in [0.05, 0.1) is 41.4 Å². The van der Waals surface area contributed by atoms with Crippen molar-refractivity contribution in [1.82, 2.24) is 25.2 Å². The summed E-state index contributed by atoms with van der Waals surface area (Å²) in [4.78, 5) is 43.4. The van der Waals surface area contributed by atoms with Crippen LogP contribution >= 0.6 is 11.6 Å². The molecule has 0 unspecified atom stereocenters. The van der Waals surface area contributed by atoms with E-state index in [2.05, 4.69) is 25.6 Å². The van der Waals surface area contributed by atoms with E-state index in [1.165, 1.54) is 11.1 Å². The predicted molar refractivity (Wildman–Crippen MR) is 156 cm³/mol. The van der Waals surface area contributed by atoms with Crippen LogP contribution < -0.4 is 15.5 Å². The van der Waals surface area contributed by atoms with E-state index in [0.29, 0.717) is 45.7 Å². The first kappa shape index (κ1) is 28.7. The Labute approximate surface area is 243 Å². The minimum Gasteiger partial charge on any atom is -0.394 e. The van der Waals surface area contributed by atoms with Gasteiger partial charge in [0, 0.05) is 37.8 Å². The summed E-state index contributed by atoms with van der Waals surface area (Å²) in [6, 6.07) is 9.42. The van der Waals surface area contributed by atoms with Gasteiger partial charge in [0.2, 0.25) is 11.9 Å². The van der Waals surface area contributed by atoms with Gasteiger partial charge < -0.3 is 30.6 Å². The number of carbonyl (C=O) groups excluding carboxylic acids is 2. The highest BCUT2D eigenvalue weighted by molar-refractivity contribution is 6.33.